The number of aliphatic carboxylic acids is 1. The number of likely N-dealkylation sites (tertiary alicyclic amines) is 2. The Morgan fingerprint density at radius 1 is 1.08 bits per heavy atom. The standard InChI is InChI=1S/C30H44N4O2/c1-32-18-15-31-29(32)12-6-7-23-13-16-33(17-14-23)20-26-21-34(22-27(26)25-10-3-2-4-11-25)28(30(35)36)19-24-8-5-9-24/h2-4,10-11,15,18,23-24,26-28H,5-9,12-14,16-17,19-22H2,1H3,(H,35,36)/t26-,27+,28+/m0/s1. The Balaban J connectivity index is 1.16. The third-order valence-corrected chi connectivity index (χ3v) is 9.34. The minimum absolute atomic E-state index is 0.323. The van der Waals surface area contributed by atoms with Crippen LogP contribution < -0.4 is 0 Å². The van der Waals surface area contributed by atoms with E-state index >= 15 is 0 Å². The number of piperidine rings is 1. The first-order valence-corrected chi connectivity index (χ1v) is 14.3. The third kappa shape index (κ3) is 6.20. The van der Waals surface area contributed by atoms with Crippen molar-refractivity contribution in [3.8, 4) is 0 Å². The van der Waals surface area contributed by atoms with Gasteiger partial charge in [0.1, 0.15) is 11.9 Å². The van der Waals surface area contributed by atoms with Crippen LogP contribution in [-0.4, -0.2) is 69.2 Å². The van der Waals surface area contributed by atoms with E-state index in [2.05, 4.69) is 56.7 Å². The van der Waals surface area contributed by atoms with Crippen molar-refractivity contribution in [2.45, 2.75) is 69.7 Å². The lowest BCUT2D eigenvalue weighted by Gasteiger charge is -2.35. The van der Waals surface area contributed by atoms with Crippen LogP contribution in [0.15, 0.2) is 42.7 Å². The second kappa shape index (κ2) is 11.9. The summed E-state index contributed by atoms with van der Waals surface area (Å²) in [7, 11) is 2.08. The summed E-state index contributed by atoms with van der Waals surface area (Å²) in [6.45, 7) is 5.23. The Kier molecular flexibility index (Phi) is 8.43. The van der Waals surface area contributed by atoms with Gasteiger partial charge in [0.2, 0.25) is 0 Å². The molecule has 0 spiro atoms. The van der Waals surface area contributed by atoms with E-state index < -0.39 is 5.97 Å². The molecule has 5 rings (SSSR count). The summed E-state index contributed by atoms with van der Waals surface area (Å²) in [5.41, 5.74) is 1.38. The van der Waals surface area contributed by atoms with Gasteiger partial charge < -0.3 is 14.6 Å². The molecule has 1 aromatic heterocycles. The molecular formula is C30H44N4O2. The Labute approximate surface area is 216 Å². The molecule has 0 unspecified atom stereocenters. The van der Waals surface area contributed by atoms with Crippen molar-refractivity contribution in [1.29, 1.82) is 0 Å². The Morgan fingerprint density at radius 2 is 1.86 bits per heavy atom. The van der Waals surface area contributed by atoms with Gasteiger partial charge in [0.05, 0.1) is 0 Å². The van der Waals surface area contributed by atoms with E-state index in [9.17, 15) is 9.90 Å². The summed E-state index contributed by atoms with van der Waals surface area (Å²) in [6, 6.07) is 10.5. The first kappa shape index (κ1) is 25.5. The molecule has 1 N–H and O–H groups in total. The molecule has 0 amide bonds. The average Bonchev–Trinajstić information content (AvgIpc) is 3.46. The van der Waals surface area contributed by atoms with Crippen LogP contribution in [-0.2, 0) is 18.3 Å². The smallest absolute Gasteiger partial charge is 0.320 e. The van der Waals surface area contributed by atoms with Crippen molar-refractivity contribution < 1.29 is 9.90 Å². The summed E-state index contributed by atoms with van der Waals surface area (Å²) in [5.74, 6) is 2.92. The maximum absolute atomic E-state index is 12.3. The Morgan fingerprint density at radius 3 is 2.50 bits per heavy atom. The van der Waals surface area contributed by atoms with Crippen LogP contribution in [0.25, 0.3) is 0 Å². The normalized spacial score (nSPS) is 25.1. The molecule has 1 saturated carbocycles. The molecule has 1 aromatic carbocycles. The second-order valence-corrected chi connectivity index (χ2v) is 11.7. The first-order valence-electron chi connectivity index (χ1n) is 14.3. The third-order valence-electron chi connectivity index (χ3n) is 9.34. The number of benzene rings is 1. The highest BCUT2D eigenvalue weighted by Crippen LogP contribution is 2.38. The van der Waals surface area contributed by atoms with Crippen LogP contribution in [0, 0.1) is 17.8 Å². The molecule has 3 aliphatic rings. The lowest BCUT2D eigenvalue weighted by molar-refractivity contribution is -0.144. The summed E-state index contributed by atoms with van der Waals surface area (Å²) in [5, 5.41) is 10.1. The zero-order valence-electron chi connectivity index (χ0n) is 22.0. The number of carboxylic acids is 1. The van der Waals surface area contributed by atoms with Gasteiger partial charge in [-0.05, 0) is 68.5 Å². The van der Waals surface area contributed by atoms with Gasteiger partial charge in [-0.1, -0.05) is 49.6 Å². The topological polar surface area (TPSA) is 61.6 Å². The molecule has 1 aliphatic carbocycles. The minimum Gasteiger partial charge on any atom is -0.480 e. The van der Waals surface area contributed by atoms with Gasteiger partial charge in [0, 0.05) is 51.4 Å². The number of hydrogen-bond donors (Lipinski definition) is 1. The number of rotatable bonds is 11. The predicted octanol–water partition coefficient (Wildman–Crippen LogP) is 4.81. The van der Waals surface area contributed by atoms with Crippen molar-refractivity contribution >= 4 is 5.97 Å². The molecule has 36 heavy (non-hydrogen) atoms. The van der Waals surface area contributed by atoms with E-state index in [1.807, 2.05) is 12.4 Å². The maximum atomic E-state index is 12.3. The molecule has 3 heterocycles. The molecule has 3 atom stereocenters. The van der Waals surface area contributed by atoms with Crippen LogP contribution in [0.2, 0.25) is 0 Å². The van der Waals surface area contributed by atoms with Gasteiger partial charge in [0.25, 0.3) is 0 Å². The quantitative estimate of drug-likeness (QED) is 0.488. The summed E-state index contributed by atoms with van der Waals surface area (Å²) >= 11 is 0. The van der Waals surface area contributed by atoms with Gasteiger partial charge >= 0.3 is 5.97 Å². The minimum atomic E-state index is -0.624. The van der Waals surface area contributed by atoms with Gasteiger partial charge in [-0.15, -0.1) is 0 Å². The van der Waals surface area contributed by atoms with Crippen molar-refractivity contribution in [3.63, 3.8) is 0 Å². The van der Waals surface area contributed by atoms with Crippen LogP contribution in [0.5, 0.6) is 0 Å². The lowest BCUT2D eigenvalue weighted by atomic mass is 9.80. The van der Waals surface area contributed by atoms with E-state index in [4.69, 9.17) is 0 Å². The summed E-state index contributed by atoms with van der Waals surface area (Å²) in [4.78, 5) is 21.7. The fraction of sp³-hybridized carbons (Fsp3) is 0.667. The van der Waals surface area contributed by atoms with Gasteiger partial charge in [0.15, 0.2) is 0 Å². The molecule has 0 bridgehead atoms. The Bertz CT molecular complexity index is 964. The van der Waals surface area contributed by atoms with Gasteiger partial charge in [-0.25, -0.2) is 4.98 Å². The van der Waals surface area contributed by atoms with E-state index in [0.717, 1.165) is 38.4 Å². The molecule has 0 radical (unpaired) electrons. The van der Waals surface area contributed by atoms with E-state index in [1.165, 1.54) is 69.4 Å². The number of nitrogens with zero attached hydrogens (tertiary/aromatic N) is 4. The van der Waals surface area contributed by atoms with E-state index in [0.29, 0.717) is 17.8 Å². The van der Waals surface area contributed by atoms with Crippen LogP contribution in [0.1, 0.15) is 68.7 Å². The second-order valence-electron chi connectivity index (χ2n) is 11.7. The zero-order chi connectivity index (χ0) is 24.9. The fourth-order valence-electron chi connectivity index (χ4n) is 6.85. The number of aryl methyl sites for hydroxylation is 2. The van der Waals surface area contributed by atoms with Crippen LogP contribution >= 0.6 is 0 Å². The predicted molar refractivity (Wildman–Crippen MR) is 143 cm³/mol. The van der Waals surface area contributed by atoms with Crippen molar-refractivity contribution in [2.75, 3.05) is 32.7 Å². The summed E-state index contributed by atoms with van der Waals surface area (Å²) < 4.78 is 2.14. The van der Waals surface area contributed by atoms with Crippen molar-refractivity contribution in [2.24, 2.45) is 24.8 Å². The average molecular weight is 493 g/mol. The highest BCUT2D eigenvalue weighted by Gasteiger charge is 2.41. The Hall–Kier alpha value is -2.18. The summed E-state index contributed by atoms with van der Waals surface area (Å²) in [6.07, 6.45) is 14.6. The largest absolute Gasteiger partial charge is 0.480 e. The van der Waals surface area contributed by atoms with Crippen molar-refractivity contribution in [3.05, 3.63) is 54.1 Å². The van der Waals surface area contributed by atoms with Crippen LogP contribution in [0.3, 0.4) is 0 Å². The monoisotopic (exact) mass is 492 g/mol. The maximum Gasteiger partial charge on any atom is 0.320 e. The molecule has 6 nitrogen and oxygen atoms in total. The zero-order valence-corrected chi connectivity index (χ0v) is 22.0. The van der Waals surface area contributed by atoms with Gasteiger partial charge in [-0.3, -0.25) is 9.69 Å². The molecule has 2 aliphatic heterocycles. The number of hydrogen-bond acceptors (Lipinski definition) is 4. The number of carbonyl (C=O) groups is 1. The lowest BCUT2D eigenvalue weighted by Crippen LogP contribution is -2.43. The highest BCUT2D eigenvalue weighted by atomic mass is 16.4. The fourth-order valence-corrected chi connectivity index (χ4v) is 6.85. The molecule has 2 aromatic rings. The van der Waals surface area contributed by atoms with E-state index in [-0.39, 0.29) is 6.04 Å². The molecular weight excluding hydrogens is 448 g/mol. The molecule has 196 valence electrons. The molecule has 2 saturated heterocycles. The number of aromatic nitrogens is 2. The highest BCUT2D eigenvalue weighted by molar-refractivity contribution is 5.73. The van der Waals surface area contributed by atoms with Crippen LogP contribution in [0.4, 0.5) is 0 Å². The van der Waals surface area contributed by atoms with E-state index in [1.54, 1.807) is 0 Å². The van der Waals surface area contributed by atoms with Crippen molar-refractivity contribution in [1.82, 2.24) is 19.4 Å². The van der Waals surface area contributed by atoms with Gasteiger partial charge in [-0.2, -0.15) is 0 Å². The number of imidazole rings is 1. The molecule has 6 heteroatoms. The number of carboxylic acid groups (broad SMARTS) is 1. The molecule has 3 fully saturated rings. The first-order chi connectivity index (χ1) is 17.6. The SMILES string of the molecule is Cn1ccnc1CCCC1CCN(C[C@H]2CN([C@H](CC3CCC3)C(=O)O)C[C@@H]2c2ccccc2)CC1.